The van der Waals surface area contributed by atoms with Gasteiger partial charge in [0.15, 0.2) is 5.78 Å². The minimum Gasteiger partial charge on any atom is -0.379 e. The Morgan fingerprint density at radius 1 is 0.683 bits per heavy atom. The molecule has 0 fully saturated rings. The van der Waals surface area contributed by atoms with E-state index in [1.165, 1.54) is 109 Å². The van der Waals surface area contributed by atoms with Crippen LogP contribution in [0.2, 0.25) is 0 Å². The summed E-state index contributed by atoms with van der Waals surface area (Å²) in [6.07, 6.45) is 31.9. The Morgan fingerprint density at radius 2 is 1.12 bits per heavy atom. The van der Waals surface area contributed by atoms with Gasteiger partial charge in [0.1, 0.15) is 6.10 Å². The zero-order chi connectivity index (χ0) is 30.7. The third kappa shape index (κ3) is 24.9. The average Bonchev–Trinajstić information content (AvgIpc) is 2.92. The molecule has 7 heteroatoms. The molecule has 0 rings (SSSR count). The third-order valence-electron chi connectivity index (χ3n) is 8.02. The fourth-order valence-electron chi connectivity index (χ4n) is 5.40. The highest BCUT2D eigenvalue weighted by molar-refractivity contribution is 7.53. The lowest BCUT2D eigenvalue weighted by molar-refractivity contribution is -0.883. The van der Waals surface area contributed by atoms with Crippen molar-refractivity contribution in [2.24, 2.45) is 0 Å². The predicted molar refractivity (Wildman–Crippen MR) is 177 cm³/mol. The SMILES string of the molecule is CCCCCCCCCCCCCCCCC/C=C\CCCCCOC[C@H](COP(=O)(O)C(CC)[N+](C)(C)C)OC. The van der Waals surface area contributed by atoms with Crippen molar-refractivity contribution in [1.29, 1.82) is 0 Å². The van der Waals surface area contributed by atoms with E-state index in [0.717, 1.165) is 19.3 Å². The van der Waals surface area contributed by atoms with E-state index in [1.54, 1.807) is 7.11 Å². The summed E-state index contributed by atoms with van der Waals surface area (Å²) in [5.74, 6) is -0.459. The van der Waals surface area contributed by atoms with Crippen molar-refractivity contribution in [2.45, 2.75) is 161 Å². The van der Waals surface area contributed by atoms with Gasteiger partial charge in [-0.2, -0.15) is 0 Å². The van der Waals surface area contributed by atoms with Gasteiger partial charge in [-0.3, -0.25) is 4.57 Å². The first-order valence-electron chi connectivity index (χ1n) is 17.2. The highest BCUT2D eigenvalue weighted by atomic mass is 31.2. The molecule has 2 unspecified atom stereocenters. The van der Waals surface area contributed by atoms with E-state index < -0.39 is 13.4 Å². The average molecular weight is 605 g/mol. The quantitative estimate of drug-likeness (QED) is 0.0369. The molecule has 0 saturated heterocycles. The number of allylic oxidation sites excluding steroid dienone is 2. The first-order valence-corrected chi connectivity index (χ1v) is 18.9. The molecule has 0 saturated carbocycles. The predicted octanol–water partition coefficient (Wildman–Crippen LogP) is 10.0. The maximum atomic E-state index is 12.7. The number of quaternary nitrogens is 1. The van der Waals surface area contributed by atoms with Gasteiger partial charge in [-0.05, 0) is 32.1 Å². The number of rotatable bonds is 31. The molecule has 0 aliphatic carbocycles. The molecule has 0 radical (unpaired) electrons. The van der Waals surface area contributed by atoms with Crippen LogP contribution in [0.5, 0.6) is 0 Å². The number of unbranched alkanes of at least 4 members (excludes halogenated alkanes) is 18. The maximum Gasteiger partial charge on any atom is 0.385 e. The molecule has 0 spiro atoms. The zero-order valence-corrected chi connectivity index (χ0v) is 29.1. The molecule has 6 nitrogen and oxygen atoms in total. The van der Waals surface area contributed by atoms with Crippen LogP contribution in [0.3, 0.4) is 0 Å². The van der Waals surface area contributed by atoms with Crippen LogP contribution in [-0.4, -0.2) is 69.3 Å². The van der Waals surface area contributed by atoms with Gasteiger partial charge in [0, 0.05) is 20.1 Å². The van der Waals surface area contributed by atoms with Crippen molar-refractivity contribution >= 4 is 7.60 Å². The van der Waals surface area contributed by atoms with Crippen LogP contribution in [0.25, 0.3) is 0 Å². The molecule has 246 valence electrons. The first-order chi connectivity index (χ1) is 19.7. The van der Waals surface area contributed by atoms with Crippen molar-refractivity contribution in [1.82, 2.24) is 0 Å². The molecule has 0 aliphatic heterocycles. The second kappa shape index (κ2) is 27.3. The maximum absolute atomic E-state index is 12.7. The van der Waals surface area contributed by atoms with Crippen LogP contribution in [-0.2, 0) is 18.6 Å². The molecule has 0 aromatic heterocycles. The zero-order valence-electron chi connectivity index (χ0n) is 28.3. The minimum absolute atomic E-state index is 0.0604. The normalized spacial score (nSPS) is 15.4. The summed E-state index contributed by atoms with van der Waals surface area (Å²) < 4.78 is 29.7. The second-order valence-corrected chi connectivity index (χ2v) is 14.8. The topological polar surface area (TPSA) is 65.0 Å². The lowest BCUT2D eigenvalue weighted by atomic mass is 10.0. The molecule has 41 heavy (non-hydrogen) atoms. The number of nitrogens with zero attached hydrogens (tertiary/aromatic N) is 1. The molecule has 0 aromatic carbocycles. The molecular formula is C34H71NO5P+. The van der Waals surface area contributed by atoms with Gasteiger partial charge in [-0.15, -0.1) is 0 Å². The van der Waals surface area contributed by atoms with E-state index in [4.69, 9.17) is 14.0 Å². The molecule has 0 aromatic rings. The molecule has 0 amide bonds. The van der Waals surface area contributed by atoms with Crippen LogP contribution in [0, 0.1) is 0 Å². The van der Waals surface area contributed by atoms with Crippen LogP contribution >= 0.6 is 7.60 Å². The van der Waals surface area contributed by atoms with E-state index in [9.17, 15) is 9.46 Å². The van der Waals surface area contributed by atoms with Gasteiger partial charge in [0.05, 0.1) is 34.4 Å². The lowest BCUT2D eigenvalue weighted by Gasteiger charge is -2.35. The van der Waals surface area contributed by atoms with E-state index in [1.807, 2.05) is 28.1 Å². The summed E-state index contributed by atoms with van der Waals surface area (Å²) in [6, 6.07) is 0. The van der Waals surface area contributed by atoms with Crippen molar-refractivity contribution in [3.05, 3.63) is 12.2 Å². The number of hydrogen-bond donors (Lipinski definition) is 1. The fraction of sp³-hybridized carbons (Fsp3) is 0.941. The smallest absolute Gasteiger partial charge is 0.379 e. The molecule has 0 aliphatic rings. The Bertz CT molecular complexity index is 637. The molecular weight excluding hydrogens is 533 g/mol. The molecule has 1 N–H and O–H groups in total. The molecule has 3 atom stereocenters. The lowest BCUT2D eigenvalue weighted by Crippen LogP contribution is -2.45. The van der Waals surface area contributed by atoms with Gasteiger partial charge in [0.2, 0.25) is 0 Å². The van der Waals surface area contributed by atoms with Crippen LogP contribution in [0.1, 0.15) is 149 Å². The van der Waals surface area contributed by atoms with Crippen LogP contribution < -0.4 is 0 Å². The Kier molecular flexibility index (Phi) is 27.2. The van der Waals surface area contributed by atoms with E-state index in [2.05, 4.69) is 19.1 Å². The van der Waals surface area contributed by atoms with Gasteiger partial charge >= 0.3 is 7.60 Å². The second-order valence-electron chi connectivity index (χ2n) is 12.9. The summed E-state index contributed by atoms with van der Waals surface area (Å²) in [7, 11) is 3.58. The van der Waals surface area contributed by atoms with Gasteiger partial charge in [-0.1, -0.05) is 122 Å². The highest BCUT2D eigenvalue weighted by Gasteiger charge is 2.41. The number of methoxy groups -OCH3 is 1. The summed E-state index contributed by atoms with van der Waals surface area (Å²) in [4.78, 5) is 10.4. The minimum atomic E-state index is -3.74. The Balaban J connectivity index is 3.55. The first kappa shape index (κ1) is 40.8. The van der Waals surface area contributed by atoms with Gasteiger partial charge < -0.3 is 23.4 Å². The standard InChI is InChI=1S/C34H70NO5P/c1-7-9-10-11-12-13-14-15-16-17-18-19-20-21-22-23-24-25-26-27-28-29-30-39-31-33(38-6)32-40-41(36,37)34(8-2)35(3,4)5/h24-25,33-34H,7-23,26-32H2,1-6H3/p+1/b25-24-/t33-,34?/m1/s1. The molecule has 0 heterocycles. The van der Waals surface area contributed by atoms with Crippen molar-refractivity contribution in [3.8, 4) is 0 Å². The summed E-state index contributed by atoms with van der Waals surface area (Å²) in [5, 5.41) is 0. The van der Waals surface area contributed by atoms with Crippen LogP contribution in [0.15, 0.2) is 12.2 Å². The van der Waals surface area contributed by atoms with Crippen molar-refractivity contribution in [3.63, 3.8) is 0 Å². The fourth-order valence-corrected chi connectivity index (χ4v) is 7.29. The van der Waals surface area contributed by atoms with Gasteiger partial charge in [0.25, 0.3) is 0 Å². The Morgan fingerprint density at radius 3 is 1.54 bits per heavy atom. The Labute approximate surface area is 256 Å². The third-order valence-corrected chi connectivity index (χ3v) is 10.3. The van der Waals surface area contributed by atoms with E-state index >= 15 is 0 Å². The number of hydrogen-bond acceptors (Lipinski definition) is 4. The summed E-state index contributed by atoms with van der Waals surface area (Å²) in [5.41, 5.74) is 0. The van der Waals surface area contributed by atoms with Crippen LogP contribution in [0.4, 0.5) is 0 Å². The van der Waals surface area contributed by atoms with Crippen molar-refractivity contribution in [2.75, 3.05) is 48.1 Å². The van der Waals surface area contributed by atoms with Crippen molar-refractivity contribution < 1.29 is 27.9 Å². The summed E-state index contributed by atoms with van der Waals surface area (Å²) in [6.45, 7) is 5.31. The monoisotopic (exact) mass is 605 g/mol. The Hall–Kier alpha value is -0.230. The van der Waals surface area contributed by atoms with Gasteiger partial charge in [-0.25, -0.2) is 0 Å². The number of ether oxygens (including phenoxy) is 2. The van der Waals surface area contributed by atoms with E-state index in [0.29, 0.717) is 24.1 Å². The van der Waals surface area contributed by atoms with E-state index in [-0.39, 0.29) is 12.7 Å². The largest absolute Gasteiger partial charge is 0.385 e. The summed E-state index contributed by atoms with van der Waals surface area (Å²) >= 11 is 0. The highest BCUT2D eigenvalue weighted by Crippen LogP contribution is 2.51. The molecule has 0 bridgehead atoms.